The highest BCUT2D eigenvalue weighted by molar-refractivity contribution is 5.94. The Bertz CT molecular complexity index is 1060. The second kappa shape index (κ2) is 6.76. The van der Waals surface area contributed by atoms with Crippen LogP contribution in [0.3, 0.4) is 0 Å². The lowest BCUT2D eigenvalue weighted by Gasteiger charge is -2.19. The van der Waals surface area contributed by atoms with E-state index >= 15 is 0 Å². The Morgan fingerprint density at radius 3 is 2.46 bits per heavy atom. The second-order valence-corrected chi connectivity index (χ2v) is 5.96. The molecular weight excluding hydrogens is 326 g/mol. The highest BCUT2D eigenvalue weighted by Crippen LogP contribution is 2.20. The number of amides is 1. The fraction of sp³-hybridized carbons (Fsp3) is 0.100. The summed E-state index contributed by atoms with van der Waals surface area (Å²) in [6, 6.07) is 16.8. The predicted molar refractivity (Wildman–Crippen MR) is 98.5 cm³/mol. The Kier molecular flexibility index (Phi) is 4.15. The van der Waals surface area contributed by atoms with Crippen LogP contribution in [0.2, 0.25) is 0 Å². The molecule has 4 aromatic rings. The van der Waals surface area contributed by atoms with Crippen molar-refractivity contribution in [3.8, 4) is 0 Å². The molecule has 0 spiro atoms. The number of carbonyl (C=O) groups excluding carboxylic acids is 1. The number of imidazole rings is 1. The Hall–Kier alpha value is -3.54. The van der Waals surface area contributed by atoms with Crippen molar-refractivity contribution in [3.63, 3.8) is 0 Å². The largest absolute Gasteiger partial charge is 0.337 e. The van der Waals surface area contributed by atoms with Crippen LogP contribution in [-0.4, -0.2) is 25.4 Å². The van der Waals surface area contributed by atoms with E-state index in [1.54, 1.807) is 6.20 Å². The summed E-state index contributed by atoms with van der Waals surface area (Å²) in [5.41, 5.74) is 2.67. The third kappa shape index (κ3) is 3.04. The Balaban J connectivity index is 1.68. The monoisotopic (exact) mass is 343 g/mol. The summed E-state index contributed by atoms with van der Waals surface area (Å²) in [6.45, 7) is 0. The van der Waals surface area contributed by atoms with Crippen LogP contribution in [0.5, 0.6) is 0 Å². The predicted octanol–water partition coefficient (Wildman–Crippen LogP) is 2.88. The van der Waals surface area contributed by atoms with Crippen molar-refractivity contribution in [1.82, 2.24) is 24.8 Å². The number of carbonyl (C=O) groups is 1. The van der Waals surface area contributed by atoms with Gasteiger partial charge in [0, 0.05) is 19.4 Å². The van der Waals surface area contributed by atoms with Crippen LogP contribution < -0.4 is 5.32 Å². The van der Waals surface area contributed by atoms with Crippen molar-refractivity contribution in [3.05, 3.63) is 90.3 Å². The van der Waals surface area contributed by atoms with E-state index < -0.39 is 0 Å². The van der Waals surface area contributed by atoms with Crippen LogP contribution in [0.25, 0.3) is 11.0 Å². The van der Waals surface area contributed by atoms with Crippen LogP contribution in [0.15, 0.2) is 73.2 Å². The molecule has 2 heterocycles. The summed E-state index contributed by atoms with van der Waals surface area (Å²) >= 11 is 0. The quantitative estimate of drug-likeness (QED) is 0.618. The van der Waals surface area contributed by atoms with Crippen molar-refractivity contribution in [2.45, 2.75) is 6.04 Å². The van der Waals surface area contributed by atoms with E-state index in [1.807, 2.05) is 72.4 Å². The molecule has 128 valence electrons. The Labute approximate surface area is 150 Å². The molecule has 0 bridgehead atoms. The molecule has 0 fully saturated rings. The number of aryl methyl sites for hydroxylation is 1. The van der Waals surface area contributed by atoms with Crippen molar-refractivity contribution in [1.29, 1.82) is 0 Å². The fourth-order valence-electron chi connectivity index (χ4n) is 2.87. The van der Waals surface area contributed by atoms with E-state index in [-0.39, 0.29) is 17.6 Å². The van der Waals surface area contributed by atoms with Gasteiger partial charge in [0.15, 0.2) is 0 Å². The number of benzene rings is 2. The van der Waals surface area contributed by atoms with Gasteiger partial charge in [-0.05, 0) is 17.7 Å². The van der Waals surface area contributed by atoms with Gasteiger partial charge in [0.25, 0.3) is 5.91 Å². The lowest BCUT2D eigenvalue weighted by Crippen LogP contribution is -2.31. The normalized spacial score (nSPS) is 12.0. The van der Waals surface area contributed by atoms with Crippen LogP contribution in [0.4, 0.5) is 0 Å². The van der Waals surface area contributed by atoms with Gasteiger partial charge in [-0.3, -0.25) is 9.78 Å². The Morgan fingerprint density at radius 1 is 1.00 bits per heavy atom. The van der Waals surface area contributed by atoms with Gasteiger partial charge in [0.1, 0.15) is 17.6 Å². The molecule has 1 unspecified atom stereocenters. The number of rotatable bonds is 4. The van der Waals surface area contributed by atoms with E-state index in [0.717, 1.165) is 16.9 Å². The number of fused-ring (bicyclic) bond motifs is 1. The number of para-hydroxylation sites is 2. The molecule has 2 aromatic carbocycles. The van der Waals surface area contributed by atoms with E-state index in [2.05, 4.69) is 20.3 Å². The summed E-state index contributed by atoms with van der Waals surface area (Å²) in [6.07, 6.45) is 5.07. The summed E-state index contributed by atoms with van der Waals surface area (Å²) in [7, 11) is 1.90. The molecule has 0 aliphatic rings. The first-order chi connectivity index (χ1) is 12.7. The molecule has 0 saturated heterocycles. The molecule has 0 aliphatic heterocycles. The minimum atomic E-state index is -0.378. The molecule has 2 aromatic heterocycles. The molecule has 4 rings (SSSR count). The van der Waals surface area contributed by atoms with Crippen molar-refractivity contribution >= 4 is 16.9 Å². The molecular formula is C20H17N5O. The maximum atomic E-state index is 12.8. The molecule has 0 aliphatic carbocycles. The number of hydrogen-bond acceptors (Lipinski definition) is 4. The van der Waals surface area contributed by atoms with Gasteiger partial charge >= 0.3 is 0 Å². The third-order valence-electron chi connectivity index (χ3n) is 4.21. The van der Waals surface area contributed by atoms with Crippen molar-refractivity contribution in [2.24, 2.45) is 7.05 Å². The Morgan fingerprint density at radius 2 is 1.73 bits per heavy atom. The average Bonchev–Trinajstić information content (AvgIpc) is 3.12. The minimum absolute atomic E-state index is 0.277. The zero-order valence-corrected chi connectivity index (χ0v) is 14.2. The SMILES string of the molecule is Cn1ccnc1C(NC(=O)c1cnc2ccccc2n1)c1ccccc1. The fourth-order valence-corrected chi connectivity index (χ4v) is 2.87. The lowest BCUT2D eigenvalue weighted by molar-refractivity contribution is 0.0936. The first-order valence-corrected chi connectivity index (χ1v) is 8.27. The van der Waals surface area contributed by atoms with Gasteiger partial charge in [-0.2, -0.15) is 0 Å². The molecule has 0 radical (unpaired) electrons. The summed E-state index contributed by atoms with van der Waals surface area (Å²) in [4.78, 5) is 26.0. The topological polar surface area (TPSA) is 72.7 Å². The molecule has 26 heavy (non-hydrogen) atoms. The standard InChI is InChI=1S/C20H17N5O/c1-25-12-11-21-19(25)18(14-7-3-2-4-8-14)24-20(26)17-13-22-15-9-5-6-10-16(15)23-17/h2-13,18H,1H3,(H,24,26). The summed E-state index contributed by atoms with van der Waals surface area (Å²) in [5, 5.41) is 3.03. The molecule has 1 N–H and O–H groups in total. The maximum absolute atomic E-state index is 12.8. The highest BCUT2D eigenvalue weighted by Gasteiger charge is 2.22. The van der Waals surface area contributed by atoms with Crippen LogP contribution in [-0.2, 0) is 7.05 Å². The maximum Gasteiger partial charge on any atom is 0.272 e. The zero-order valence-electron chi connectivity index (χ0n) is 14.2. The van der Waals surface area contributed by atoms with Gasteiger partial charge in [-0.15, -0.1) is 0 Å². The molecule has 6 nitrogen and oxygen atoms in total. The van der Waals surface area contributed by atoms with E-state index in [1.165, 1.54) is 6.20 Å². The number of nitrogens with zero attached hydrogens (tertiary/aromatic N) is 4. The van der Waals surface area contributed by atoms with Crippen LogP contribution >= 0.6 is 0 Å². The lowest BCUT2D eigenvalue weighted by atomic mass is 10.1. The second-order valence-electron chi connectivity index (χ2n) is 5.96. The van der Waals surface area contributed by atoms with Crippen molar-refractivity contribution in [2.75, 3.05) is 0 Å². The van der Waals surface area contributed by atoms with Crippen LogP contribution in [0, 0.1) is 0 Å². The van der Waals surface area contributed by atoms with Gasteiger partial charge in [-0.1, -0.05) is 42.5 Å². The van der Waals surface area contributed by atoms with Crippen molar-refractivity contribution < 1.29 is 4.79 Å². The number of nitrogens with one attached hydrogen (secondary N) is 1. The zero-order chi connectivity index (χ0) is 17.9. The first-order valence-electron chi connectivity index (χ1n) is 8.27. The molecule has 1 atom stereocenters. The molecule has 0 saturated carbocycles. The van der Waals surface area contributed by atoms with E-state index in [0.29, 0.717) is 5.52 Å². The first kappa shape index (κ1) is 16.0. The van der Waals surface area contributed by atoms with Gasteiger partial charge < -0.3 is 9.88 Å². The number of aromatic nitrogens is 4. The van der Waals surface area contributed by atoms with E-state index in [9.17, 15) is 4.79 Å². The minimum Gasteiger partial charge on any atom is -0.337 e. The summed E-state index contributed by atoms with van der Waals surface area (Å²) < 4.78 is 1.89. The van der Waals surface area contributed by atoms with E-state index in [4.69, 9.17) is 0 Å². The van der Waals surface area contributed by atoms with Gasteiger partial charge in [0.05, 0.1) is 17.2 Å². The molecule has 1 amide bonds. The molecule has 6 heteroatoms. The van der Waals surface area contributed by atoms with Gasteiger partial charge in [0.2, 0.25) is 0 Å². The van der Waals surface area contributed by atoms with Crippen LogP contribution in [0.1, 0.15) is 27.9 Å². The average molecular weight is 343 g/mol. The van der Waals surface area contributed by atoms with Gasteiger partial charge in [-0.25, -0.2) is 9.97 Å². The smallest absolute Gasteiger partial charge is 0.272 e. The summed E-state index contributed by atoms with van der Waals surface area (Å²) in [5.74, 6) is 0.457. The number of hydrogen-bond donors (Lipinski definition) is 1. The highest BCUT2D eigenvalue weighted by atomic mass is 16.2. The third-order valence-corrected chi connectivity index (χ3v) is 4.21.